The average molecular weight is 485 g/mol. The molecule has 0 aliphatic heterocycles. The van der Waals surface area contributed by atoms with Crippen LogP contribution in [0.1, 0.15) is 69.6 Å². The normalized spacial score (nSPS) is 17.5. The lowest BCUT2D eigenvalue weighted by Gasteiger charge is -2.34. The number of halogens is 2. The average Bonchev–Trinajstić information content (AvgIpc) is 2.82. The third-order valence-corrected chi connectivity index (χ3v) is 6.90. The lowest BCUT2D eigenvalue weighted by atomic mass is 9.70. The predicted octanol–water partition coefficient (Wildman–Crippen LogP) is 5.99. The van der Waals surface area contributed by atoms with Crippen molar-refractivity contribution < 1.29 is 13.9 Å². The minimum Gasteiger partial charge on any atom is -0.402 e. The smallest absolute Gasteiger partial charge is 0.324 e. The van der Waals surface area contributed by atoms with Crippen LogP contribution in [-0.2, 0) is 17.8 Å². The van der Waals surface area contributed by atoms with E-state index in [1.54, 1.807) is 19.4 Å². The molecule has 0 saturated heterocycles. The maximum atomic E-state index is 15.9. The number of aromatic nitrogens is 3. The Balaban J connectivity index is 1.77. The van der Waals surface area contributed by atoms with Crippen LogP contribution in [0.2, 0.25) is 5.15 Å². The number of hydrogen-bond donors (Lipinski definition) is 1. The second-order valence-corrected chi connectivity index (χ2v) is 9.23. The number of allylic oxidation sites excluding steroid dienone is 4. The number of carbonyl (C=O) groups excluding carboxylic acids is 1. The third-order valence-electron chi connectivity index (χ3n) is 6.57. The molecule has 2 aliphatic carbocycles. The van der Waals surface area contributed by atoms with Gasteiger partial charge in [0.2, 0.25) is 0 Å². The summed E-state index contributed by atoms with van der Waals surface area (Å²) in [7, 11) is 1.79. The highest BCUT2D eigenvalue weighted by Gasteiger charge is 2.35. The molecule has 0 amide bonds. The van der Waals surface area contributed by atoms with Crippen LogP contribution >= 0.6 is 11.6 Å². The molecule has 2 heterocycles. The Kier molecular flexibility index (Phi) is 7.43. The molecule has 0 bridgehead atoms. The second kappa shape index (κ2) is 10.3. The van der Waals surface area contributed by atoms with Gasteiger partial charge in [-0.3, -0.25) is 4.79 Å². The number of nitrogens with zero attached hydrogens (tertiary/aromatic N) is 3. The van der Waals surface area contributed by atoms with E-state index < -0.39 is 5.82 Å². The molecule has 2 aromatic rings. The van der Waals surface area contributed by atoms with Crippen molar-refractivity contribution in [1.82, 2.24) is 20.3 Å². The van der Waals surface area contributed by atoms with Gasteiger partial charge in [-0.15, -0.1) is 0 Å². The van der Waals surface area contributed by atoms with Gasteiger partial charge in [0.25, 0.3) is 5.88 Å². The summed E-state index contributed by atoms with van der Waals surface area (Å²) < 4.78 is 21.5. The summed E-state index contributed by atoms with van der Waals surface area (Å²) in [5.74, 6) is -0.419. The molecule has 0 spiro atoms. The van der Waals surface area contributed by atoms with Crippen molar-refractivity contribution in [2.75, 3.05) is 7.05 Å². The van der Waals surface area contributed by atoms with E-state index in [0.29, 0.717) is 36.9 Å². The zero-order chi connectivity index (χ0) is 24.4. The number of pyridine rings is 1. The van der Waals surface area contributed by atoms with E-state index in [9.17, 15) is 4.79 Å². The molecule has 34 heavy (non-hydrogen) atoms. The van der Waals surface area contributed by atoms with E-state index in [2.05, 4.69) is 34.1 Å². The van der Waals surface area contributed by atoms with E-state index in [1.165, 1.54) is 5.57 Å². The van der Waals surface area contributed by atoms with Gasteiger partial charge in [-0.05, 0) is 55.4 Å². The highest BCUT2D eigenvalue weighted by molar-refractivity contribution is 6.30. The second-order valence-electron chi connectivity index (χ2n) is 8.87. The summed E-state index contributed by atoms with van der Waals surface area (Å²) in [4.78, 5) is 25.5. The van der Waals surface area contributed by atoms with Gasteiger partial charge >= 0.3 is 6.01 Å². The number of nitrogens with one attached hydrogen (secondary N) is 1. The fourth-order valence-corrected chi connectivity index (χ4v) is 5.19. The summed E-state index contributed by atoms with van der Waals surface area (Å²) in [6.45, 7) is 6.65. The zero-order valence-electron chi connectivity index (χ0n) is 20.1. The monoisotopic (exact) mass is 484 g/mol. The van der Waals surface area contributed by atoms with Crippen molar-refractivity contribution in [1.29, 1.82) is 0 Å². The van der Waals surface area contributed by atoms with Crippen molar-refractivity contribution >= 4 is 23.0 Å². The summed E-state index contributed by atoms with van der Waals surface area (Å²) in [5.41, 5.74) is 5.99. The van der Waals surface area contributed by atoms with Gasteiger partial charge in [0.05, 0.1) is 0 Å². The summed E-state index contributed by atoms with van der Waals surface area (Å²) in [6.07, 6.45) is 7.55. The van der Waals surface area contributed by atoms with Gasteiger partial charge in [-0.25, -0.2) is 14.4 Å². The standard InChI is InChI=1S/C26H30ClFN4O2/c1-5-7-17-14(3)10-19-18(22(17)20(33)6-2)9-8-15-12-30-25(23(28)21(15)19)34-26-31-13-16(11-29-4)24(27)32-26/h12-14,29H,5-11H2,1-4H3. The van der Waals surface area contributed by atoms with Gasteiger partial charge in [0, 0.05) is 42.1 Å². The molecule has 0 radical (unpaired) electrons. The lowest BCUT2D eigenvalue weighted by Crippen LogP contribution is -2.22. The number of fused-ring (bicyclic) bond motifs is 2. The fourth-order valence-electron chi connectivity index (χ4n) is 5.01. The first-order chi connectivity index (χ1) is 16.4. The first-order valence-electron chi connectivity index (χ1n) is 11.9. The van der Waals surface area contributed by atoms with Crippen LogP contribution in [0.25, 0.3) is 5.57 Å². The van der Waals surface area contributed by atoms with Crippen molar-refractivity contribution in [2.24, 2.45) is 5.92 Å². The molecule has 8 heteroatoms. The Labute approximate surface area is 204 Å². The number of hydrogen-bond acceptors (Lipinski definition) is 6. The molecule has 180 valence electrons. The molecule has 6 nitrogen and oxygen atoms in total. The first kappa shape index (κ1) is 24.5. The van der Waals surface area contributed by atoms with Crippen LogP contribution in [0.3, 0.4) is 0 Å². The molecule has 0 fully saturated rings. The molecule has 1 atom stereocenters. The van der Waals surface area contributed by atoms with E-state index in [4.69, 9.17) is 16.3 Å². The third kappa shape index (κ3) is 4.51. The summed E-state index contributed by atoms with van der Waals surface area (Å²) in [6, 6.07) is -0.0646. The number of aryl methyl sites for hydroxylation is 1. The van der Waals surface area contributed by atoms with Gasteiger partial charge in [-0.2, -0.15) is 4.98 Å². The molecule has 4 rings (SSSR count). The predicted molar refractivity (Wildman–Crippen MR) is 130 cm³/mol. The highest BCUT2D eigenvalue weighted by Crippen LogP contribution is 2.48. The van der Waals surface area contributed by atoms with E-state index >= 15 is 4.39 Å². The van der Waals surface area contributed by atoms with Gasteiger partial charge < -0.3 is 10.1 Å². The quantitative estimate of drug-likeness (QED) is 0.463. The number of ether oxygens (including phenoxy) is 1. The lowest BCUT2D eigenvalue weighted by molar-refractivity contribution is -0.115. The van der Waals surface area contributed by atoms with Gasteiger partial charge in [0.15, 0.2) is 11.6 Å². The van der Waals surface area contributed by atoms with Crippen molar-refractivity contribution in [3.05, 3.63) is 56.8 Å². The minimum atomic E-state index is -0.543. The van der Waals surface area contributed by atoms with E-state index in [-0.39, 0.29) is 28.7 Å². The maximum Gasteiger partial charge on any atom is 0.324 e. The Hall–Kier alpha value is -2.64. The van der Waals surface area contributed by atoms with Crippen molar-refractivity contribution in [3.63, 3.8) is 0 Å². The number of rotatable bonds is 8. The Bertz CT molecular complexity index is 1190. The van der Waals surface area contributed by atoms with E-state index in [0.717, 1.165) is 41.5 Å². The van der Waals surface area contributed by atoms with Crippen molar-refractivity contribution in [2.45, 2.75) is 65.8 Å². The molecule has 1 N–H and O–H groups in total. The maximum absolute atomic E-state index is 15.9. The first-order valence-corrected chi connectivity index (χ1v) is 12.3. The Morgan fingerprint density at radius 3 is 2.71 bits per heavy atom. The largest absolute Gasteiger partial charge is 0.402 e. The highest BCUT2D eigenvalue weighted by atomic mass is 35.5. The van der Waals surface area contributed by atoms with Crippen LogP contribution in [0.5, 0.6) is 11.9 Å². The molecular weight excluding hydrogens is 455 g/mol. The molecule has 0 aromatic carbocycles. The van der Waals surface area contributed by atoms with Crippen LogP contribution in [0, 0.1) is 11.7 Å². The molecule has 2 aromatic heterocycles. The number of carbonyl (C=O) groups is 1. The number of Topliss-reactive ketones (excluding diaryl/α,β-unsaturated/α-hetero) is 1. The van der Waals surface area contributed by atoms with Crippen LogP contribution < -0.4 is 10.1 Å². The van der Waals surface area contributed by atoms with Crippen LogP contribution in [-0.4, -0.2) is 27.8 Å². The van der Waals surface area contributed by atoms with Gasteiger partial charge in [0.1, 0.15) is 5.15 Å². The fraction of sp³-hybridized carbons (Fsp3) is 0.462. The molecule has 2 aliphatic rings. The summed E-state index contributed by atoms with van der Waals surface area (Å²) >= 11 is 6.21. The SMILES string of the molecule is CCCC1=C(C(=O)CC)C2=C(CC1C)c1c(cnc(Oc3ncc(CNC)c(Cl)n3)c1F)CC2. The van der Waals surface area contributed by atoms with Crippen molar-refractivity contribution in [3.8, 4) is 11.9 Å². The molecular formula is C26H30ClFN4O2. The van der Waals surface area contributed by atoms with E-state index in [1.807, 2.05) is 6.92 Å². The zero-order valence-corrected chi connectivity index (χ0v) is 20.9. The van der Waals surface area contributed by atoms with Crippen LogP contribution in [0.15, 0.2) is 29.1 Å². The topological polar surface area (TPSA) is 77.0 Å². The Morgan fingerprint density at radius 1 is 1.24 bits per heavy atom. The van der Waals surface area contributed by atoms with Gasteiger partial charge in [-0.1, -0.05) is 44.4 Å². The summed E-state index contributed by atoms with van der Waals surface area (Å²) in [5, 5.41) is 3.22. The molecule has 1 unspecified atom stereocenters. The van der Waals surface area contributed by atoms with Crippen LogP contribution in [0.4, 0.5) is 4.39 Å². The minimum absolute atomic E-state index is 0.0646. The Morgan fingerprint density at radius 2 is 2.03 bits per heavy atom. The molecule has 0 saturated carbocycles. The number of ketones is 1.